The molecule has 3 N–H and O–H groups in total. The molecular weight excluding hydrogens is 368 g/mol. The van der Waals surface area contributed by atoms with Crippen LogP contribution in [0.1, 0.15) is 21.6 Å². The number of nitrogens with zero attached hydrogens (tertiary/aromatic N) is 2. The number of rotatable bonds is 4. The van der Waals surface area contributed by atoms with Crippen LogP contribution in [0.3, 0.4) is 0 Å². The highest BCUT2D eigenvalue weighted by atomic mass is 16.3. The number of phenols is 1. The summed E-state index contributed by atoms with van der Waals surface area (Å²) in [5.74, 6) is -0.707. The number of benzene rings is 3. The first-order valence-electron chi connectivity index (χ1n) is 8.97. The first kappa shape index (κ1) is 18.2. The molecule has 4 aromatic rings. The Labute approximate surface area is 165 Å². The number of carbonyl (C=O) groups excluding carboxylic acids is 1. The second kappa shape index (κ2) is 7.47. The molecule has 1 heterocycles. The quantitative estimate of drug-likeness (QED) is 0.371. The SMILES string of the molecule is Cc1[nH]n(-c2ccccc2)c(=O)c1C=NNC(=O)c1cc2ccccc2cc1O. The van der Waals surface area contributed by atoms with Crippen molar-refractivity contribution in [2.24, 2.45) is 5.10 Å². The van der Waals surface area contributed by atoms with E-state index in [4.69, 9.17) is 0 Å². The third-order valence-corrected chi connectivity index (χ3v) is 4.60. The zero-order chi connectivity index (χ0) is 20.4. The van der Waals surface area contributed by atoms with E-state index in [9.17, 15) is 14.7 Å². The average molecular weight is 386 g/mol. The zero-order valence-corrected chi connectivity index (χ0v) is 15.6. The molecule has 4 rings (SSSR count). The number of para-hydroxylation sites is 1. The van der Waals surface area contributed by atoms with Gasteiger partial charge in [0.25, 0.3) is 11.5 Å². The van der Waals surface area contributed by atoms with E-state index < -0.39 is 5.91 Å². The minimum absolute atomic E-state index is 0.105. The molecule has 0 spiro atoms. The molecule has 0 aliphatic rings. The van der Waals surface area contributed by atoms with E-state index in [0.717, 1.165) is 10.8 Å². The maximum absolute atomic E-state index is 12.6. The number of H-pyrrole nitrogens is 1. The lowest BCUT2D eigenvalue weighted by molar-refractivity contribution is 0.0952. The van der Waals surface area contributed by atoms with Gasteiger partial charge in [-0.1, -0.05) is 42.5 Å². The predicted octanol–water partition coefficient (Wildman–Crippen LogP) is 3.10. The van der Waals surface area contributed by atoms with Crippen molar-refractivity contribution in [3.8, 4) is 11.4 Å². The fourth-order valence-corrected chi connectivity index (χ4v) is 3.10. The van der Waals surface area contributed by atoms with Gasteiger partial charge in [-0.2, -0.15) is 5.10 Å². The van der Waals surface area contributed by atoms with Crippen LogP contribution in [0.2, 0.25) is 0 Å². The second-order valence-corrected chi connectivity index (χ2v) is 6.54. The van der Waals surface area contributed by atoms with Gasteiger partial charge in [-0.05, 0) is 42.0 Å². The number of fused-ring (bicyclic) bond motifs is 1. The van der Waals surface area contributed by atoms with Gasteiger partial charge in [-0.25, -0.2) is 10.1 Å². The monoisotopic (exact) mass is 386 g/mol. The molecule has 0 aliphatic heterocycles. The van der Waals surface area contributed by atoms with E-state index in [1.807, 2.05) is 54.6 Å². The average Bonchev–Trinajstić information content (AvgIpc) is 3.02. The van der Waals surface area contributed by atoms with Gasteiger partial charge in [0.15, 0.2) is 0 Å². The van der Waals surface area contributed by atoms with E-state index in [-0.39, 0.29) is 16.9 Å². The van der Waals surface area contributed by atoms with Gasteiger partial charge >= 0.3 is 0 Å². The summed E-state index contributed by atoms with van der Waals surface area (Å²) in [5.41, 5.74) is 3.84. The second-order valence-electron chi connectivity index (χ2n) is 6.54. The van der Waals surface area contributed by atoms with Crippen LogP contribution in [0.4, 0.5) is 0 Å². The number of phenolic OH excluding ortho intramolecular Hbond substituents is 1. The van der Waals surface area contributed by atoms with Crippen LogP contribution < -0.4 is 11.0 Å². The van der Waals surface area contributed by atoms with Crippen molar-refractivity contribution in [2.45, 2.75) is 6.92 Å². The number of hydrogen-bond donors (Lipinski definition) is 3. The molecule has 0 radical (unpaired) electrons. The maximum atomic E-state index is 12.6. The van der Waals surface area contributed by atoms with Gasteiger partial charge in [0.2, 0.25) is 0 Å². The van der Waals surface area contributed by atoms with Crippen molar-refractivity contribution in [3.63, 3.8) is 0 Å². The van der Waals surface area contributed by atoms with Crippen molar-refractivity contribution < 1.29 is 9.90 Å². The molecule has 7 nitrogen and oxygen atoms in total. The van der Waals surface area contributed by atoms with Crippen LogP contribution in [-0.2, 0) is 0 Å². The highest BCUT2D eigenvalue weighted by Crippen LogP contribution is 2.24. The molecule has 1 amide bonds. The molecule has 3 aromatic carbocycles. The number of aromatic hydroxyl groups is 1. The zero-order valence-electron chi connectivity index (χ0n) is 15.6. The third kappa shape index (κ3) is 3.53. The van der Waals surface area contributed by atoms with Crippen molar-refractivity contribution in [3.05, 3.63) is 93.9 Å². The van der Waals surface area contributed by atoms with Crippen molar-refractivity contribution in [1.82, 2.24) is 15.2 Å². The highest BCUT2D eigenvalue weighted by molar-refractivity contribution is 6.01. The van der Waals surface area contributed by atoms with Crippen molar-refractivity contribution in [1.29, 1.82) is 0 Å². The normalized spacial score (nSPS) is 11.2. The molecule has 0 aliphatic carbocycles. The molecule has 1 aromatic heterocycles. The van der Waals surface area contributed by atoms with Crippen LogP contribution in [0, 0.1) is 6.92 Å². The van der Waals surface area contributed by atoms with E-state index in [0.29, 0.717) is 16.9 Å². The lowest BCUT2D eigenvalue weighted by atomic mass is 10.1. The molecule has 0 fully saturated rings. The summed E-state index contributed by atoms with van der Waals surface area (Å²) in [6.07, 6.45) is 1.30. The molecular formula is C22H18N4O3. The summed E-state index contributed by atoms with van der Waals surface area (Å²) in [4.78, 5) is 25.0. The van der Waals surface area contributed by atoms with Crippen LogP contribution in [0.5, 0.6) is 5.75 Å². The topological polar surface area (TPSA) is 99.5 Å². The number of nitrogens with one attached hydrogen (secondary N) is 2. The number of carbonyl (C=O) groups is 1. The molecule has 0 unspecified atom stereocenters. The third-order valence-electron chi connectivity index (χ3n) is 4.60. The summed E-state index contributed by atoms with van der Waals surface area (Å²) in [6.45, 7) is 1.75. The maximum Gasteiger partial charge on any atom is 0.280 e. The molecule has 144 valence electrons. The van der Waals surface area contributed by atoms with Gasteiger partial charge in [0, 0.05) is 5.69 Å². The Balaban J connectivity index is 1.57. The van der Waals surface area contributed by atoms with Gasteiger partial charge < -0.3 is 5.11 Å². The number of hydrazone groups is 1. The van der Waals surface area contributed by atoms with Gasteiger partial charge in [0.1, 0.15) is 5.75 Å². The first-order chi connectivity index (χ1) is 14.0. The minimum Gasteiger partial charge on any atom is -0.507 e. The Bertz CT molecular complexity index is 1290. The molecule has 0 saturated heterocycles. The fourth-order valence-electron chi connectivity index (χ4n) is 3.10. The smallest absolute Gasteiger partial charge is 0.280 e. The van der Waals surface area contributed by atoms with Gasteiger partial charge in [0.05, 0.1) is 23.0 Å². The van der Waals surface area contributed by atoms with Gasteiger partial charge in [-0.3, -0.25) is 14.7 Å². The summed E-state index contributed by atoms with van der Waals surface area (Å²) < 4.78 is 1.41. The van der Waals surface area contributed by atoms with Crippen molar-refractivity contribution in [2.75, 3.05) is 0 Å². The lowest BCUT2D eigenvalue weighted by Crippen LogP contribution is -2.20. The fraction of sp³-hybridized carbons (Fsp3) is 0.0455. The number of aromatic amines is 1. The summed E-state index contributed by atoms with van der Waals surface area (Å²) in [5, 5.41) is 18.7. The number of amides is 1. The highest BCUT2D eigenvalue weighted by Gasteiger charge is 2.13. The molecule has 0 saturated carbocycles. The minimum atomic E-state index is -0.568. The predicted molar refractivity (Wildman–Crippen MR) is 112 cm³/mol. The van der Waals surface area contributed by atoms with Gasteiger partial charge in [-0.15, -0.1) is 0 Å². The summed E-state index contributed by atoms with van der Waals surface area (Å²) in [6, 6.07) is 19.7. The lowest BCUT2D eigenvalue weighted by Gasteiger charge is -2.05. The van der Waals surface area contributed by atoms with E-state index >= 15 is 0 Å². The number of hydrogen-bond acceptors (Lipinski definition) is 4. The first-order valence-corrected chi connectivity index (χ1v) is 8.97. The largest absolute Gasteiger partial charge is 0.507 e. The molecule has 0 bridgehead atoms. The van der Waals surface area contributed by atoms with Crippen LogP contribution in [-0.4, -0.2) is 27.0 Å². The number of aryl methyl sites for hydroxylation is 1. The molecule has 7 heteroatoms. The Morgan fingerprint density at radius 3 is 2.45 bits per heavy atom. The van der Waals surface area contributed by atoms with Crippen LogP contribution >= 0.6 is 0 Å². The standard InChI is InChI=1S/C22H18N4O3/c1-14-19(22(29)26(25-14)17-9-3-2-4-10-17)13-23-24-21(28)18-11-15-7-5-6-8-16(15)12-20(18)27/h2-13,25,27H,1H3,(H,24,28). The summed E-state index contributed by atoms with van der Waals surface area (Å²) >= 11 is 0. The van der Waals surface area contributed by atoms with Crippen molar-refractivity contribution >= 4 is 22.9 Å². The van der Waals surface area contributed by atoms with Crippen LogP contribution in [0.25, 0.3) is 16.5 Å². The summed E-state index contributed by atoms with van der Waals surface area (Å²) in [7, 11) is 0. The Morgan fingerprint density at radius 1 is 1.07 bits per heavy atom. The molecule has 0 atom stereocenters. The Kier molecular flexibility index (Phi) is 4.70. The van der Waals surface area contributed by atoms with E-state index in [1.165, 1.54) is 17.0 Å². The number of aromatic nitrogens is 2. The van der Waals surface area contributed by atoms with Crippen LogP contribution in [0.15, 0.2) is 76.6 Å². The Morgan fingerprint density at radius 2 is 1.72 bits per heavy atom. The molecule has 29 heavy (non-hydrogen) atoms. The van der Waals surface area contributed by atoms with E-state index in [1.54, 1.807) is 13.0 Å². The van der Waals surface area contributed by atoms with E-state index in [2.05, 4.69) is 15.6 Å². The Hall–Kier alpha value is -4.13.